The maximum absolute atomic E-state index is 13.4. The predicted molar refractivity (Wildman–Crippen MR) is 159 cm³/mol. The Kier molecular flexibility index (Phi) is 16.9. The normalized spacial score (nSPS) is 13.7. The zero-order valence-electron chi connectivity index (χ0n) is 23.4. The van der Waals surface area contributed by atoms with Crippen molar-refractivity contribution in [2.24, 2.45) is 27.9 Å². The number of phenols is 1. The first kappa shape index (κ1) is 35.5. The summed E-state index contributed by atoms with van der Waals surface area (Å²) in [6, 6.07) is 1.90. The first-order valence-electron chi connectivity index (χ1n) is 13.4. The number of benzene rings is 1. The highest BCUT2D eigenvalue weighted by Crippen LogP contribution is 2.13. The van der Waals surface area contributed by atoms with Crippen molar-refractivity contribution in [3.8, 4) is 5.75 Å². The Morgan fingerprint density at radius 3 is 2.05 bits per heavy atom. The predicted octanol–water partition coefficient (Wildman–Crippen LogP) is -1.26. The molecule has 230 valence electrons. The number of hydrogen-bond donors (Lipinski definition) is 9. The molecule has 41 heavy (non-hydrogen) atoms. The van der Waals surface area contributed by atoms with Crippen LogP contribution >= 0.6 is 11.8 Å². The molecule has 1 aromatic rings. The number of carboxylic acid groups (broad SMARTS) is 1. The summed E-state index contributed by atoms with van der Waals surface area (Å²) in [6.45, 7) is 0.564. The van der Waals surface area contributed by atoms with E-state index in [1.54, 1.807) is 12.1 Å². The second-order valence-corrected chi connectivity index (χ2v) is 10.5. The number of amides is 3. The SMILES string of the molecule is CSCCC(N)C(=O)NC(Cc1ccc(O)cc1)C(=O)NC(CCCCN)C(=O)NC(CCCN=C(N)N)C(=O)O. The molecule has 0 aliphatic rings. The molecule has 0 saturated heterocycles. The van der Waals surface area contributed by atoms with Gasteiger partial charge in [0.15, 0.2) is 5.96 Å². The monoisotopic (exact) mass is 596 g/mol. The van der Waals surface area contributed by atoms with Crippen LogP contribution < -0.4 is 38.9 Å². The summed E-state index contributed by atoms with van der Waals surface area (Å²) in [7, 11) is 0. The molecular weight excluding hydrogens is 552 g/mol. The third-order valence-corrected chi connectivity index (χ3v) is 6.76. The molecule has 0 heterocycles. The lowest BCUT2D eigenvalue weighted by Crippen LogP contribution is -2.57. The molecule has 0 bridgehead atoms. The lowest BCUT2D eigenvalue weighted by Gasteiger charge is -2.25. The highest BCUT2D eigenvalue weighted by molar-refractivity contribution is 7.98. The number of carboxylic acids is 1. The number of unbranched alkanes of at least 4 members (excludes halogenated alkanes) is 1. The van der Waals surface area contributed by atoms with Crippen LogP contribution in [0.1, 0.15) is 44.1 Å². The molecule has 0 saturated carbocycles. The van der Waals surface area contributed by atoms with Crippen molar-refractivity contribution in [1.82, 2.24) is 16.0 Å². The molecule has 4 unspecified atom stereocenters. The van der Waals surface area contributed by atoms with Gasteiger partial charge in [0.2, 0.25) is 17.7 Å². The third-order valence-electron chi connectivity index (χ3n) is 6.12. The largest absolute Gasteiger partial charge is 0.508 e. The maximum Gasteiger partial charge on any atom is 0.326 e. The van der Waals surface area contributed by atoms with Gasteiger partial charge in [-0.2, -0.15) is 11.8 Å². The summed E-state index contributed by atoms with van der Waals surface area (Å²) >= 11 is 1.54. The Balaban J connectivity index is 3.09. The van der Waals surface area contributed by atoms with Crippen LogP contribution in [0.3, 0.4) is 0 Å². The number of phenolic OH excluding ortho intramolecular Hbond substituents is 1. The van der Waals surface area contributed by atoms with Crippen LogP contribution in [0.4, 0.5) is 0 Å². The molecule has 14 nitrogen and oxygen atoms in total. The summed E-state index contributed by atoms with van der Waals surface area (Å²) in [5, 5.41) is 27.0. The molecule has 0 aliphatic heterocycles. The fraction of sp³-hybridized carbons (Fsp3) is 0.577. The van der Waals surface area contributed by atoms with E-state index in [1.807, 2.05) is 6.26 Å². The van der Waals surface area contributed by atoms with Crippen molar-refractivity contribution in [2.75, 3.05) is 25.1 Å². The Hall–Kier alpha value is -3.56. The lowest BCUT2D eigenvalue weighted by molar-refractivity contribution is -0.142. The van der Waals surface area contributed by atoms with Gasteiger partial charge in [0.25, 0.3) is 0 Å². The minimum absolute atomic E-state index is 0.0424. The van der Waals surface area contributed by atoms with Crippen molar-refractivity contribution in [3.63, 3.8) is 0 Å². The minimum Gasteiger partial charge on any atom is -0.508 e. The van der Waals surface area contributed by atoms with Gasteiger partial charge in [-0.05, 0) is 74.8 Å². The Bertz CT molecular complexity index is 1010. The maximum atomic E-state index is 13.4. The number of hydrogen-bond acceptors (Lipinski definition) is 9. The van der Waals surface area contributed by atoms with Gasteiger partial charge in [-0.15, -0.1) is 0 Å². The summed E-state index contributed by atoms with van der Waals surface area (Å²) in [5.74, 6) is -2.51. The molecule has 0 radical (unpaired) electrons. The van der Waals surface area contributed by atoms with E-state index in [9.17, 15) is 29.4 Å². The number of aliphatic carboxylic acids is 1. The van der Waals surface area contributed by atoms with Gasteiger partial charge in [-0.3, -0.25) is 19.4 Å². The van der Waals surface area contributed by atoms with E-state index >= 15 is 0 Å². The quantitative estimate of drug-likeness (QED) is 0.0487. The summed E-state index contributed by atoms with van der Waals surface area (Å²) in [4.78, 5) is 55.0. The van der Waals surface area contributed by atoms with Crippen molar-refractivity contribution in [2.45, 2.75) is 69.1 Å². The Morgan fingerprint density at radius 1 is 0.878 bits per heavy atom. The summed E-state index contributed by atoms with van der Waals surface area (Å²) < 4.78 is 0. The number of guanidine groups is 1. The number of thioether (sulfide) groups is 1. The van der Waals surface area contributed by atoms with E-state index in [0.29, 0.717) is 43.5 Å². The number of rotatable bonds is 20. The van der Waals surface area contributed by atoms with Gasteiger partial charge in [0, 0.05) is 13.0 Å². The van der Waals surface area contributed by atoms with Crippen molar-refractivity contribution in [3.05, 3.63) is 29.8 Å². The van der Waals surface area contributed by atoms with E-state index < -0.39 is 47.9 Å². The van der Waals surface area contributed by atoms with E-state index in [1.165, 1.54) is 23.9 Å². The molecule has 0 spiro atoms. The second kappa shape index (κ2) is 19.5. The van der Waals surface area contributed by atoms with Gasteiger partial charge in [-0.25, -0.2) is 4.79 Å². The number of nitrogens with two attached hydrogens (primary N) is 4. The average Bonchev–Trinajstić information content (AvgIpc) is 2.93. The number of carbonyl (C=O) groups excluding carboxylic acids is 3. The molecule has 15 heteroatoms. The molecule has 0 aromatic heterocycles. The van der Waals surface area contributed by atoms with E-state index in [0.717, 1.165) is 0 Å². The number of aliphatic imine (C=N–C) groups is 1. The first-order chi connectivity index (χ1) is 19.5. The summed E-state index contributed by atoms with van der Waals surface area (Å²) in [5.41, 5.74) is 22.8. The molecule has 1 aromatic carbocycles. The van der Waals surface area contributed by atoms with Crippen molar-refractivity contribution in [1.29, 1.82) is 0 Å². The molecular formula is C26H44N8O6S. The molecule has 4 atom stereocenters. The molecule has 0 aliphatic carbocycles. The van der Waals surface area contributed by atoms with Crippen LogP contribution in [0.25, 0.3) is 0 Å². The van der Waals surface area contributed by atoms with Gasteiger partial charge >= 0.3 is 5.97 Å². The van der Waals surface area contributed by atoms with Gasteiger partial charge in [-0.1, -0.05) is 12.1 Å². The first-order valence-corrected chi connectivity index (χ1v) is 14.8. The standard InChI is InChI=1S/C26H44N8O6S/c1-41-14-11-18(28)22(36)34-21(15-16-7-9-17(35)10-8-16)24(38)32-19(5-2-3-12-27)23(37)33-20(25(39)40)6-4-13-31-26(29)30/h7-10,18-21,35H,2-6,11-15,27-28H2,1H3,(H,32,38)(H,33,37)(H,34,36)(H,39,40)(H4,29,30,31). The van der Waals surface area contributed by atoms with Crippen LogP contribution in [0.15, 0.2) is 29.3 Å². The average molecular weight is 597 g/mol. The lowest BCUT2D eigenvalue weighted by atomic mass is 10.0. The van der Waals surface area contributed by atoms with Crippen LogP contribution in [-0.4, -0.2) is 89.1 Å². The number of carbonyl (C=O) groups is 4. The molecule has 13 N–H and O–H groups in total. The topological polar surface area (TPSA) is 261 Å². The number of nitrogens with one attached hydrogen (secondary N) is 3. The van der Waals surface area contributed by atoms with E-state index in [-0.39, 0.29) is 37.5 Å². The fourth-order valence-corrected chi connectivity index (χ4v) is 4.29. The van der Waals surface area contributed by atoms with Crippen LogP contribution in [0.5, 0.6) is 5.75 Å². The fourth-order valence-electron chi connectivity index (χ4n) is 3.80. The van der Waals surface area contributed by atoms with Crippen molar-refractivity contribution < 1.29 is 29.4 Å². The van der Waals surface area contributed by atoms with Crippen LogP contribution in [0.2, 0.25) is 0 Å². The highest BCUT2D eigenvalue weighted by Gasteiger charge is 2.30. The van der Waals surface area contributed by atoms with Crippen LogP contribution in [0, 0.1) is 0 Å². The highest BCUT2D eigenvalue weighted by atomic mass is 32.2. The van der Waals surface area contributed by atoms with Gasteiger partial charge < -0.3 is 49.1 Å². The third kappa shape index (κ3) is 14.6. The van der Waals surface area contributed by atoms with Crippen LogP contribution in [-0.2, 0) is 25.6 Å². The van der Waals surface area contributed by atoms with Crippen molar-refractivity contribution >= 4 is 41.4 Å². The number of nitrogens with zero attached hydrogens (tertiary/aromatic N) is 1. The van der Waals surface area contributed by atoms with Gasteiger partial charge in [0.05, 0.1) is 6.04 Å². The smallest absolute Gasteiger partial charge is 0.326 e. The number of aromatic hydroxyl groups is 1. The second-order valence-electron chi connectivity index (χ2n) is 9.51. The van der Waals surface area contributed by atoms with Gasteiger partial charge in [0.1, 0.15) is 23.9 Å². The molecule has 0 fully saturated rings. The Labute approximate surface area is 244 Å². The zero-order valence-corrected chi connectivity index (χ0v) is 24.2. The molecule has 1 rings (SSSR count). The molecule has 3 amide bonds. The minimum atomic E-state index is -1.24. The zero-order chi connectivity index (χ0) is 30.8. The van der Waals surface area contributed by atoms with E-state index in [4.69, 9.17) is 22.9 Å². The van der Waals surface area contributed by atoms with E-state index in [2.05, 4.69) is 20.9 Å². The summed E-state index contributed by atoms with van der Waals surface area (Å²) in [6.07, 6.45) is 4.00. The Morgan fingerprint density at radius 2 is 1.46 bits per heavy atom.